The molecule has 2 aromatic carbocycles. The summed E-state index contributed by atoms with van der Waals surface area (Å²) < 4.78 is 7.55. The van der Waals surface area contributed by atoms with Gasteiger partial charge in [0.2, 0.25) is 11.8 Å². The van der Waals surface area contributed by atoms with Crippen molar-refractivity contribution >= 4 is 28.7 Å². The fourth-order valence-electron chi connectivity index (χ4n) is 5.34. The molecular weight excluding hydrogens is 504 g/mol. The number of fused-ring (bicyclic) bond motifs is 1. The third-order valence-electron chi connectivity index (χ3n) is 7.74. The van der Waals surface area contributed by atoms with Crippen LogP contribution in [0, 0.1) is 17.2 Å². The molecule has 2 aromatic heterocycles. The topological polar surface area (TPSA) is 104 Å². The Hall–Kier alpha value is -4.71. The molecule has 1 fully saturated rings. The van der Waals surface area contributed by atoms with Crippen LogP contribution in [0.2, 0.25) is 0 Å². The number of rotatable bonds is 7. The van der Waals surface area contributed by atoms with Gasteiger partial charge in [0, 0.05) is 26.3 Å². The van der Waals surface area contributed by atoms with Crippen LogP contribution in [0.25, 0.3) is 11.0 Å². The molecule has 5 rings (SSSR count). The van der Waals surface area contributed by atoms with Gasteiger partial charge in [-0.05, 0) is 55.2 Å². The molecule has 1 aliphatic heterocycles. The Morgan fingerprint density at radius 1 is 1.12 bits per heavy atom. The van der Waals surface area contributed by atoms with E-state index in [2.05, 4.69) is 21.8 Å². The number of amides is 1. The number of hydrogen-bond acceptors (Lipinski definition) is 7. The van der Waals surface area contributed by atoms with Crippen LogP contribution in [-0.4, -0.2) is 57.4 Å². The molecule has 4 aromatic rings. The fourth-order valence-corrected chi connectivity index (χ4v) is 5.34. The summed E-state index contributed by atoms with van der Waals surface area (Å²) in [5, 5.41) is 9.73. The first-order valence-corrected chi connectivity index (χ1v) is 13.4. The zero-order chi connectivity index (χ0) is 28.2. The minimum absolute atomic E-state index is 0.0137. The van der Waals surface area contributed by atoms with Crippen LogP contribution in [0.15, 0.2) is 73.2 Å². The normalized spacial score (nSPS) is 17.7. The number of para-hydroxylation sites is 1. The second-order valence-corrected chi connectivity index (χ2v) is 10.3. The highest BCUT2D eigenvalue weighted by Gasteiger charge is 2.33. The van der Waals surface area contributed by atoms with Crippen LogP contribution >= 0.6 is 0 Å². The smallest absolute Gasteiger partial charge is 0.239 e. The van der Waals surface area contributed by atoms with Gasteiger partial charge in [0.1, 0.15) is 30.1 Å². The number of likely N-dealkylation sites (tertiary alicyclic amines) is 1. The third-order valence-corrected chi connectivity index (χ3v) is 7.74. The third kappa shape index (κ3) is 5.38. The van der Waals surface area contributed by atoms with Crippen molar-refractivity contribution in [3.05, 3.63) is 78.8 Å². The molecule has 1 saturated heterocycles. The van der Waals surface area contributed by atoms with Crippen molar-refractivity contribution in [3.63, 3.8) is 0 Å². The SMILES string of the molecule is CC(C(=O)n1ccc2c(N(C)[C@H]3CN(C(=O)CC#N)CC[C@H]3C)ncnc21)c1cccc(Oc2ccccc2)c1. The van der Waals surface area contributed by atoms with E-state index in [-0.39, 0.29) is 24.3 Å². The van der Waals surface area contributed by atoms with Gasteiger partial charge in [-0.1, -0.05) is 37.3 Å². The van der Waals surface area contributed by atoms with Crippen LogP contribution < -0.4 is 9.64 Å². The lowest BCUT2D eigenvalue weighted by atomic mass is 9.92. The number of nitrogens with zero attached hydrogens (tertiary/aromatic N) is 6. The van der Waals surface area contributed by atoms with Crippen molar-refractivity contribution in [2.75, 3.05) is 25.0 Å². The van der Waals surface area contributed by atoms with Gasteiger partial charge < -0.3 is 14.5 Å². The number of carbonyl (C=O) groups is 2. The second kappa shape index (κ2) is 11.6. The average molecular weight is 537 g/mol. The summed E-state index contributed by atoms with van der Waals surface area (Å²) in [5.41, 5.74) is 1.37. The average Bonchev–Trinajstić information content (AvgIpc) is 3.41. The predicted octanol–water partition coefficient (Wildman–Crippen LogP) is 5.25. The van der Waals surface area contributed by atoms with Crippen molar-refractivity contribution in [2.45, 2.75) is 38.6 Å². The Balaban J connectivity index is 1.38. The number of hydrogen-bond donors (Lipinski definition) is 0. The fraction of sp³-hybridized carbons (Fsp3) is 0.323. The number of ether oxygens (including phenoxy) is 1. The van der Waals surface area contributed by atoms with Gasteiger partial charge in [-0.3, -0.25) is 14.2 Å². The number of likely N-dealkylation sites (N-methyl/N-ethyl adjacent to an activating group) is 1. The maximum atomic E-state index is 13.7. The van der Waals surface area contributed by atoms with Gasteiger partial charge in [-0.25, -0.2) is 9.97 Å². The van der Waals surface area contributed by atoms with E-state index in [0.29, 0.717) is 36.2 Å². The van der Waals surface area contributed by atoms with Crippen molar-refractivity contribution in [1.29, 1.82) is 5.26 Å². The van der Waals surface area contributed by atoms with E-state index in [0.717, 1.165) is 23.1 Å². The first-order chi connectivity index (χ1) is 19.4. The molecule has 0 spiro atoms. The summed E-state index contributed by atoms with van der Waals surface area (Å²) in [6.07, 6.45) is 3.94. The van der Waals surface area contributed by atoms with Crippen LogP contribution in [0.4, 0.5) is 5.82 Å². The molecule has 204 valence electrons. The Morgan fingerprint density at radius 2 is 1.90 bits per heavy atom. The number of carbonyl (C=O) groups excluding carboxylic acids is 2. The molecule has 1 aliphatic rings. The molecule has 3 heterocycles. The Morgan fingerprint density at radius 3 is 2.67 bits per heavy atom. The van der Waals surface area contributed by atoms with Gasteiger partial charge in [0.15, 0.2) is 5.65 Å². The molecule has 3 atom stereocenters. The number of nitriles is 1. The van der Waals surface area contributed by atoms with Crippen LogP contribution in [0.5, 0.6) is 11.5 Å². The minimum atomic E-state index is -0.441. The molecule has 0 aliphatic carbocycles. The van der Waals surface area contributed by atoms with Crippen molar-refractivity contribution in [1.82, 2.24) is 19.4 Å². The number of anilines is 1. The lowest BCUT2D eigenvalue weighted by Crippen LogP contribution is -2.52. The molecule has 0 saturated carbocycles. The molecule has 1 unspecified atom stereocenters. The maximum absolute atomic E-state index is 13.7. The van der Waals surface area contributed by atoms with Crippen molar-refractivity contribution < 1.29 is 14.3 Å². The number of aromatic nitrogens is 3. The van der Waals surface area contributed by atoms with Gasteiger partial charge in [-0.2, -0.15) is 5.26 Å². The lowest BCUT2D eigenvalue weighted by molar-refractivity contribution is -0.131. The van der Waals surface area contributed by atoms with E-state index in [1.807, 2.05) is 80.7 Å². The summed E-state index contributed by atoms with van der Waals surface area (Å²) in [5.74, 6) is 1.71. The van der Waals surface area contributed by atoms with Crippen LogP contribution in [0.1, 0.15) is 43.0 Å². The lowest BCUT2D eigenvalue weighted by Gasteiger charge is -2.42. The Kier molecular flexibility index (Phi) is 7.78. The standard InChI is InChI=1S/C31H32N6O3/c1-21-13-16-36(28(38)12-15-32)19-27(21)35(3)29-26-14-17-37(30(26)34-20-33-29)31(39)22(2)23-8-7-11-25(18-23)40-24-9-5-4-6-10-24/h4-11,14,17-18,20-22,27H,12-13,16,19H2,1-3H3/t21-,22?,27+/m1/s1. The molecule has 9 nitrogen and oxygen atoms in total. The number of benzene rings is 2. The molecule has 40 heavy (non-hydrogen) atoms. The quantitative estimate of drug-likeness (QED) is 0.318. The molecule has 1 amide bonds. The van der Waals surface area contributed by atoms with Gasteiger partial charge in [0.05, 0.1) is 23.4 Å². The predicted molar refractivity (Wildman–Crippen MR) is 152 cm³/mol. The molecule has 9 heteroatoms. The van der Waals surface area contributed by atoms with E-state index in [1.165, 1.54) is 6.33 Å². The van der Waals surface area contributed by atoms with Crippen LogP contribution in [0.3, 0.4) is 0 Å². The second-order valence-electron chi connectivity index (χ2n) is 10.3. The Bertz CT molecular complexity index is 1560. The van der Waals surface area contributed by atoms with E-state index in [9.17, 15) is 9.59 Å². The highest BCUT2D eigenvalue weighted by Crippen LogP contribution is 2.31. The van der Waals surface area contributed by atoms with Crippen molar-refractivity contribution in [3.8, 4) is 17.6 Å². The summed E-state index contributed by atoms with van der Waals surface area (Å²) in [7, 11) is 1.96. The van der Waals surface area contributed by atoms with E-state index >= 15 is 0 Å². The van der Waals surface area contributed by atoms with Gasteiger partial charge >= 0.3 is 0 Å². The van der Waals surface area contributed by atoms with E-state index in [1.54, 1.807) is 15.7 Å². The summed E-state index contributed by atoms with van der Waals surface area (Å²) >= 11 is 0. The summed E-state index contributed by atoms with van der Waals surface area (Å²) in [6, 6.07) is 20.9. The zero-order valence-electron chi connectivity index (χ0n) is 22.9. The van der Waals surface area contributed by atoms with Gasteiger partial charge in [-0.15, -0.1) is 0 Å². The summed E-state index contributed by atoms with van der Waals surface area (Å²) in [6.45, 7) is 5.20. The van der Waals surface area contributed by atoms with Crippen LogP contribution in [-0.2, 0) is 4.79 Å². The molecule has 0 bridgehead atoms. The van der Waals surface area contributed by atoms with Gasteiger partial charge in [0.25, 0.3) is 0 Å². The first-order valence-electron chi connectivity index (χ1n) is 13.4. The molecular formula is C31H32N6O3. The van der Waals surface area contributed by atoms with E-state index < -0.39 is 5.92 Å². The molecule has 0 N–H and O–H groups in total. The highest BCUT2D eigenvalue weighted by molar-refractivity contribution is 5.97. The minimum Gasteiger partial charge on any atom is -0.457 e. The zero-order valence-corrected chi connectivity index (χ0v) is 22.9. The largest absolute Gasteiger partial charge is 0.457 e. The van der Waals surface area contributed by atoms with Crippen molar-refractivity contribution in [2.24, 2.45) is 5.92 Å². The first kappa shape index (κ1) is 26.9. The Labute approximate surface area is 233 Å². The molecule has 0 radical (unpaired) electrons. The summed E-state index contributed by atoms with van der Waals surface area (Å²) in [4.78, 5) is 39.0. The monoisotopic (exact) mass is 536 g/mol. The number of piperidine rings is 1. The maximum Gasteiger partial charge on any atom is 0.239 e. The van der Waals surface area contributed by atoms with E-state index in [4.69, 9.17) is 10.00 Å². The highest BCUT2D eigenvalue weighted by atomic mass is 16.5.